The van der Waals surface area contributed by atoms with Crippen molar-refractivity contribution in [1.29, 1.82) is 5.41 Å². The fraction of sp³-hybridized carbons (Fsp3) is 0.393. The van der Waals surface area contributed by atoms with Gasteiger partial charge in [0.15, 0.2) is 0 Å². The number of aliphatic hydroxyl groups excluding tert-OH is 2. The van der Waals surface area contributed by atoms with Crippen molar-refractivity contribution >= 4 is 17.5 Å². The largest absolute Gasteiger partial charge is 0.391 e. The van der Waals surface area contributed by atoms with E-state index in [-0.39, 0.29) is 30.5 Å². The minimum absolute atomic E-state index is 0.0224. The first-order valence-corrected chi connectivity index (χ1v) is 12.3. The van der Waals surface area contributed by atoms with E-state index < -0.39 is 36.1 Å². The number of hydrogen-bond acceptors (Lipinski definition) is 6. The maximum atomic E-state index is 13.9. The van der Waals surface area contributed by atoms with Crippen LogP contribution in [0.5, 0.6) is 0 Å². The molecular formula is C28H35FN4O4. The molecule has 6 N–H and O–H groups in total. The Hall–Kier alpha value is -3.40. The number of primary amides is 1. The van der Waals surface area contributed by atoms with E-state index in [1.54, 1.807) is 48.2 Å². The van der Waals surface area contributed by atoms with Crippen LogP contribution in [0.2, 0.25) is 0 Å². The number of carbonyl (C=O) groups is 2. The first kappa shape index (κ1) is 28.2. The van der Waals surface area contributed by atoms with Gasteiger partial charge in [0.1, 0.15) is 12.0 Å². The van der Waals surface area contributed by atoms with Crippen LogP contribution in [0.1, 0.15) is 56.2 Å². The Labute approximate surface area is 216 Å². The predicted molar refractivity (Wildman–Crippen MR) is 139 cm³/mol. The quantitative estimate of drug-likeness (QED) is 0.190. The van der Waals surface area contributed by atoms with E-state index in [2.05, 4.69) is 5.32 Å². The number of likely N-dealkylation sites (tertiary alicyclic amines) is 1. The number of nitrogens with two attached hydrogens (primary N) is 1. The summed E-state index contributed by atoms with van der Waals surface area (Å²) in [4.78, 5) is 26.5. The van der Waals surface area contributed by atoms with Crippen molar-refractivity contribution in [3.05, 3.63) is 82.7 Å². The van der Waals surface area contributed by atoms with E-state index in [1.807, 2.05) is 13.8 Å². The van der Waals surface area contributed by atoms with Gasteiger partial charge in [0, 0.05) is 17.7 Å². The SMILES string of the molecule is CC(=N)/C=C(/Cc1ccc(C(O)NCC(=O)N2C(c3cccc(F)c3)CC(O)C2C(C)C)cc1)C(N)=O. The summed E-state index contributed by atoms with van der Waals surface area (Å²) in [5.74, 6) is -1.33. The van der Waals surface area contributed by atoms with Gasteiger partial charge < -0.3 is 26.3 Å². The number of halogens is 1. The summed E-state index contributed by atoms with van der Waals surface area (Å²) in [5.41, 5.74) is 7.85. The second kappa shape index (κ2) is 12.2. The van der Waals surface area contributed by atoms with Crippen molar-refractivity contribution in [3.63, 3.8) is 0 Å². The third-order valence-electron chi connectivity index (χ3n) is 6.56. The number of nitrogens with one attached hydrogen (secondary N) is 2. The molecule has 1 saturated heterocycles. The molecule has 2 aromatic carbocycles. The topological polar surface area (TPSA) is 140 Å². The summed E-state index contributed by atoms with van der Waals surface area (Å²) < 4.78 is 13.9. The highest BCUT2D eigenvalue weighted by Gasteiger charge is 2.44. The molecule has 1 aliphatic rings. The molecule has 8 nitrogen and oxygen atoms in total. The third-order valence-corrected chi connectivity index (χ3v) is 6.56. The van der Waals surface area contributed by atoms with Gasteiger partial charge in [0.05, 0.1) is 24.7 Å². The lowest BCUT2D eigenvalue weighted by molar-refractivity contribution is -0.135. The lowest BCUT2D eigenvalue weighted by atomic mass is 9.99. The van der Waals surface area contributed by atoms with E-state index in [4.69, 9.17) is 11.1 Å². The molecule has 0 bridgehead atoms. The van der Waals surface area contributed by atoms with Crippen LogP contribution in [0, 0.1) is 17.1 Å². The molecule has 4 unspecified atom stereocenters. The maximum Gasteiger partial charge on any atom is 0.245 e. The molecule has 1 heterocycles. The number of amides is 2. The van der Waals surface area contributed by atoms with Gasteiger partial charge >= 0.3 is 0 Å². The fourth-order valence-electron chi connectivity index (χ4n) is 4.89. The Balaban J connectivity index is 1.69. The summed E-state index contributed by atoms with van der Waals surface area (Å²) in [6.45, 7) is 5.22. The molecule has 1 fully saturated rings. The smallest absolute Gasteiger partial charge is 0.245 e. The van der Waals surface area contributed by atoms with Crippen LogP contribution in [-0.2, 0) is 16.0 Å². The van der Waals surface area contributed by atoms with Crippen molar-refractivity contribution in [1.82, 2.24) is 10.2 Å². The molecule has 0 aromatic heterocycles. The zero-order valence-corrected chi connectivity index (χ0v) is 21.3. The van der Waals surface area contributed by atoms with Gasteiger partial charge in [-0.05, 0) is 54.2 Å². The number of allylic oxidation sites excluding steroid dienone is 1. The highest BCUT2D eigenvalue weighted by Crippen LogP contribution is 2.39. The summed E-state index contributed by atoms with van der Waals surface area (Å²) >= 11 is 0. The third kappa shape index (κ3) is 7.09. The van der Waals surface area contributed by atoms with Crippen molar-refractivity contribution < 1.29 is 24.2 Å². The zero-order chi connectivity index (χ0) is 27.3. The number of hydrogen-bond donors (Lipinski definition) is 5. The monoisotopic (exact) mass is 510 g/mol. The van der Waals surface area contributed by atoms with Gasteiger partial charge in [-0.25, -0.2) is 4.39 Å². The number of carbonyl (C=O) groups excluding carboxylic acids is 2. The van der Waals surface area contributed by atoms with E-state index in [0.29, 0.717) is 23.1 Å². The molecule has 4 atom stereocenters. The van der Waals surface area contributed by atoms with Gasteiger partial charge in [-0.1, -0.05) is 50.2 Å². The van der Waals surface area contributed by atoms with Crippen LogP contribution < -0.4 is 11.1 Å². The van der Waals surface area contributed by atoms with E-state index in [9.17, 15) is 24.2 Å². The summed E-state index contributed by atoms with van der Waals surface area (Å²) in [7, 11) is 0. The number of nitrogens with zero attached hydrogens (tertiary/aromatic N) is 1. The molecule has 0 saturated carbocycles. The molecule has 198 valence electrons. The Kier molecular flexibility index (Phi) is 9.31. The fourth-order valence-corrected chi connectivity index (χ4v) is 4.89. The highest BCUT2D eigenvalue weighted by atomic mass is 19.1. The van der Waals surface area contributed by atoms with Crippen molar-refractivity contribution in [2.24, 2.45) is 11.7 Å². The van der Waals surface area contributed by atoms with Crippen LogP contribution in [0.3, 0.4) is 0 Å². The van der Waals surface area contributed by atoms with E-state index in [0.717, 1.165) is 5.56 Å². The van der Waals surface area contributed by atoms with Crippen LogP contribution in [0.15, 0.2) is 60.2 Å². The summed E-state index contributed by atoms with van der Waals surface area (Å²) in [5, 5.41) is 31.7. The Morgan fingerprint density at radius 3 is 2.49 bits per heavy atom. The second-order valence-electron chi connectivity index (χ2n) is 9.83. The first-order valence-electron chi connectivity index (χ1n) is 12.3. The van der Waals surface area contributed by atoms with Crippen LogP contribution >= 0.6 is 0 Å². The molecule has 0 aliphatic carbocycles. The van der Waals surface area contributed by atoms with Crippen LogP contribution in [0.4, 0.5) is 4.39 Å². The summed E-state index contributed by atoms with van der Waals surface area (Å²) in [6.07, 6.45) is 0.107. The number of aliphatic hydroxyl groups is 2. The molecule has 3 rings (SSSR count). The minimum Gasteiger partial charge on any atom is -0.391 e. The van der Waals surface area contributed by atoms with Crippen molar-refractivity contribution in [3.8, 4) is 0 Å². The average Bonchev–Trinajstić information content (AvgIpc) is 3.19. The Morgan fingerprint density at radius 2 is 1.92 bits per heavy atom. The number of benzene rings is 2. The van der Waals surface area contributed by atoms with Crippen LogP contribution in [-0.4, -0.2) is 51.3 Å². The lowest BCUT2D eigenvalue weighted by Crippen LogP contribution is -2.47. The normalized spacial score (nSPS) is 20.8. The van der Waals surface area contributed by atoms with Crippen molar-refractivity contribution in [2.75, 3.05) is 6.54 Å². The Bertz CT molecular complexity index is 1170. The predicted octanol–water partition coefficient (Wildman–Crippen LogP) is 2.76. The van der Waals surface area contributed by atoms with Gasteiger partial charge in [-0.15, -0.1) is 0 Å². The lowest BCUT2D eigenvalue weighted by Gasteiger charge is -2.34. The molecule has 9 heteroatoms. The minimum atomic E-state index is -1.13. The van der Waals surface area contributed by atoms with Gasteiger partial charge in [0.2, 0.25) is 11.8 Å². The number of rotatable bonds is 10. The highest BCUT2D eigenvalue weighted by molar-refractivity contribution is 6.01. The molecular weight excluding hydrogens is 475 g/mol. The second-order valence-corrected chi connectivity index (χ2v) is 9.83. The molecule has 2 aromatic rings. The van der Waals surface area contributed by atoms with Crippen LogP contribution in [0.25, 0.3) is 0 Å². The molecule has 0 radical (unpaired) electrons. The zero-order valence-electron chi connectivity index (χ0n) is 21.3. The van der Waals surface area contributed by atoms with Gasteiger partial charge in [-0.3, -0.25) is 14.9 Å². The molecule has 2 amide bonds. The molecule has 37 heavy (non-hydrogen) atoms. The summed E-state index contributed by atoms with van der Waals surface area (Å²) in [6, 6.07) is 12.0. The van der Waals surface area contributed by atoms with Gasteiger partial charge in [0.25, 0.3) is 0 Å². The first-order chi connectivity index (χ1) is 17.5. The van der Waals surface area contributed by atoms with E-state index >= 15 is 0 Å². The van der Waals surface area contributed by atoms with E-state index in [1.165, 1.54) is 18.2 Å². The maximum absolute atomic E-state index is 13.9. The molecule has 1 aliphatic heterocycles. The average molecular weight is 511 g/mol. The standard InChI is InChI=1S/C28H35FN4O4/c1-16(2)26-24(34)14-23(20-5-4-6-22(29)13-20)33(26)25(35)15-32-28(37)19-9-7-18(8-10-19)12-21(27(31)36)11-17(3)30/h4-11,13,16,23-24,26,28,30,32,34,37H,12,14-15H2,1-3H3,(H2,31,36)/b21-11-,30-17?. The van der Waals surface area contributed by atoms with Crippen molar-refractivity contribution in [2.45, 2.75) is 58.0 Å². The molecule has 0 spiro atoms. The van der Waals surface area contributed by atoms with Gasteiger partial charge in [-0.2, -0.15) is 0 Å². The Morgan fingerprint density at radius 1 is 1.24 bits per heavy atom.